The Bertz CT molecular complexity index is 898. The van der Waals surface area contributed by atoms with Crippen LogP contribution in [0.3, 0.4) is 0 Å². The maximum atomic E-state index is 12.0. The number of hydrogen-bond acceptors (Lipinski definition) is 6. The zero-order valence-electron chi connectivity index (χ0n) is 14.6. The van der Waals surface area contributed by atoms with Gasteiger partial charge in [-0.3, -0.25) is 20.2 Å². The van der Waals surface area contributed by atoms with Crippen molar-refractivity contribution < 1.29 is 19.2 Å². The lowest BCUT2D eigenvalue weighted by atomic mass is 10.2. The summed E-state index contributed by atoms with van der Waals surface area (Å²) >= 11 is 5.08. The van der Waals surface area contributed by atoms with E-state index in [4.69, 9.17) is 21.7 Å². The van der Waals surface area contributed by atoms with Crippen LogP contribution in [0.2, 0.25) is 0 Å². The first-order chi connectivity index (χ1) is 12.9. The van der Waals surface area contributed by atoms with E-state index >= 15 is 0 Å². The Labute approximate surface area is 160 Å². The summed E-state index contributed by atoms with van der Waals surface area (Å²) in [7, 11) is 2.96. The van der Waals surface area contributed by atoms with Crippen LogP contribution in [0.25, 0.3) is 6.08 Å². The van der Waals surface area contributed by atoms with Crippen LogP contribution in [-0.4, -0.2) is 30.2 Å². The number of nitro groups is 1. The number of nitrogens with one attached hydrogen (secondary N) is 2. The Morgan fingerprint density at radius 2 is 1.85 bits per heavy atom. The molecular formula is C18H17N3O5S. The second-order valence-corrected chi connectivity index (χ2v) is 5.57. The Balaban J connectivity index is 2.05. The van der Waals surface area contributed by atoms with E-state index in [1.54, 1.807) is 18.2 Å². The Morgan fingerprint density at radius 3 is 2.52 bits per heavy atom. The predicted octanol–water partition coefficient (Wildman–Crippen LogP) is 3.14. The van der Waals surface area contributed by atoms with Crippen LogP contribution in [0.1, 0.15) is 5.56 Å². The molecule has 0 aliphatic rings. The molecule has 0 aliphatic carbocycles. The molecule has 2 N–H and O–H groups in total. The van der Waals surface area contributed by atoms with Gasteiger partial charge in [-0.15, -0.1) is 0 Å². The average molecular weight is 387 g/mol. The first-order valence-electron chi connectivity index (χ1n) is 7.70. The standard InChI is InChI=1S/C18H17N3O5S/c1-25-15-6-4-3-5-12(15)7-10-17(22)20-18(27)19-14-11-13(21(23)24)8-9-16(14)26-2/h3-11H,1-2H3,(H2,19,20,22,27). The molecular weight excluding hydrogens is 370 g/mol. The van der Waals surface area contributed by atoms with E-state index in [-0.39, 0.29) is 16.5 Å². The summed E-state index contributed by atoms with van der Waals surface area (Å²) in [5.74, 6) is 0.508. The molecule has 0 spiro atoms. The maximum Gasteiger partial charge on any atom is 0.271 e. The van der Waals surface area contributed by atoms with Crippen molar-refractivity contribution in [3.8, 4) is 11.5 Å². The van der Waals surface area contributed by atoms with E-state index in [2.05, 4.69) is 10.6 Å². The minimum atomic E-state index is -0.539. The van der Waals surface area contributed by atoms with E-state index < -0.39 is 10.8 Å². The summed E-state index contributed by atoms with van der Waals surface area (Å²) in [6, 6.07) is 11.2. The molecule has 2 aromatic carbocycles. The summed E-state index contributed by atoms with van der Waals surface area (Å²) in [5.41, 5.74) is 0.864. The normalized spacial score (nSPS) is 10.3. The molecule has 0 aliphatic heterocycles. The molecule has 0 heterocycles. The Hall–Kier alpha value is -3.46. The minimum absolute atomic E-state index is 0.0246. The highest BCUT2D eigenvalue weighted by Crippen LogP contribution is 2.28. The number of hydrogen-bond donors (Lipinski definition) is 2. The molecule has 1 amide bonds. The van der Waals surface area contributed by atoms with Gasteiger partial charge in [-0.05, 0) is 30.4 Å². The van der Waals surface area contributed by atoms with Gasteiger partial charge >= 0.3 is 0 Å². The number of nitro benzene ring substituents is 1. The van der Waals surface area contributed by atoms with Crippen LogP contribution in [-0.2, 0) is 4.79 Å². The molecule has 2 aromatic rings. The fourth-order valence-corrected chi connectivity index (χ4v) is 2.39. The van der Waals surface area contributed by atoms with E-state index in [1.807, 2.05) is 12.1 Å². The SMILES string of the molecule is COc1ccccc1C=CC(=O)NC(=S)Nc1cc([N+](=O)[O-])ccc1OC. The number of rotatable bonds is 6. The first-order valence-corrected chi connectivity index (χ1v) is 8.11. The number of non-ortho nitro benzene ring substituents is 1. The van der Waals surface area contributed by atoms with Crippen molar-refractivity contribution >= 4 is 40.7 Å². The summed E-state index contributed by atoms with van der Waals surface area (Å²) in [5, 5.41) is 16.1. The molecule has 2 rings (SSSR count). The van der Waals surface area contributed by atoms with Crippen molar-refractivity contribution in [2.24, 2.45) is 0 Å². The lowest BCUT2D eigenvalue weighted by Gasteiger charge is -2.11. The number of para-hydroxylation sites is 1. The van der Waals surface area contributed by atoms with Gasteiger partial charge in [0, 0.05) is 23.8 Å². The van der Waals surface area contributed by atoms with Crippen molar-refractivity contribution in [2.45, 2.75) is 0 Å². The van der Waals surface area contributed by atoms with Gasteiger partial charge in [-0.1, -0.05) is 18.2 Å². The number of nitrogens with zero attached hydrogens (tertiary/aromatic N) is 1. The zero-order chi connectivity index (χ0) is 19.8. The Morgan fingerprint density at radius 1 is 1.15 bits per heavy atom. The molecule has 9 heteroatoms. The summed E-state index contributed by atoms with van der Waals surface area (Å²) < 4.78 is 10.3. The van der Waals surface area contributed by atoms with Crippen molar-refractivity contribution in [1.29, 1.82) is 0 Å². The number of methoxy groups -OCH3 is 2. The number of carbonyl (C=O) groups excluding carboxylic acids is 1. The first kappa shape index (κ1) is 19.9. The van der Waals surface area contributed by atoms with Gasteiger partial charge in [-0.25, -0.2) is 0 Å². The van der Waals surface area contributed by atoms with Gasteiger partial charge in [0.05, 0.1) is 24.8 Å². The van der Waals surface area contributed by atoms with Crippen molar-refractivity contribution in [1.82, 2.24) is 5.32 Å². The van der Waals surface area contributed by atoms with Gasteiger partial charge in [0.1, 0.15) is 11.5 Å². The van der Waals surface area contributed by atoms with Crippen molar-refractivity contribution in [3.63, 3.8) is 0 Å². The highest BCUT2D eigenvalue weighted by Gasteiger charge is 2.13. The Kier molecular flexibility index (Phi) is 6.84. The highest BCUT2D eigenvalue weighted by atomic mass is 32.1. The highest BCUT2D eigenvalue weighted by molar-refractivity contribution is 7.80. The minimum Gasteiger partial charge on any atom is -0.496 e. The third kappa shape index (κ3) is 5.51. The summed E-state index contributed by atoms with van der Waals surface area (Å²) in [4.78, 5) is 22.4. The maximum absolute atomic E-state index is 12.0. The van der Waals surface area contributed by atoms with Gasteiger partial charge in [0.15, 0.2) is 5.11 Å². The number of benzene rings is 2. The molecule has 0 fully saturated rings. The molecule has 0 saturated carbocycles. The second kappa shape index (κ2) is 9.30. The number of thiocarbonyl (C=S) groups is 1. The summed E-state index contributed by atoms with van der Waals surface area (Å²) in [6.07, 6.45) is 2.89. The van der Waals surface area contributed by atoms with Gasteiger partial charge in [0.2, 0.25) is 5.91 Å². The smallest absolute Gasteiger partial charge is 0.271 e. The predicted molar refractivity (Wildman–Crippen MR) is 106 cm³/mol. The van der Waals surface area contributed by atoms with Crippen LogP contribution in [0.15, 0.2) is 48.5 Å². The monoisotopic (exact) mass is 387 g/mol. The van der Waals surface area contributed by atoms with Crippen LogP contribution in [0.5, 0.6) is 11.5 Å². The topological polar surface area (TPSA) is 103 Å². The second-order valence-electron chi connectivity index (χ2n) is 5.16. The number of anilines is 1. The molecule has 0 saturated heterocycles. The number of carbonyl (C=O) groups is 1. The van der Waals surface area contributed by atoms with Crippen LogP contribution >= 0.6 is 12.2 Å². The number of ether oxygens (including phenoxy) is 2. The molecule has 0 bridgehead atoms. The van der Waals surface area contributed by atoms with E-state index in [0.717, 1.165) is 5.56 Å². The van der Waals surface area contributed by atoms with Crippen LogP contribution in [0.4, 0.5) is 11.4 Å². The van der Waals surface area contributed by atoms with Crippen LogP contribution in [0, 0.1) is 10.1 Å². The van der Waals surface area contributed by atoms with Gasteiger partial charge in [0.25, 0.3) is 5.69 Å². The van der Waals surface area contributed by atoms with Gasteiger partial charge < -0.3 is 14.8 Å². The van der Waals surface area contributed by atoms with E-state index in [0.29, 0.717) is 11.5 Å². The lowest BCUT2D eigenvalue weighted by Crippen LogP contribution is -2.32. The third-order valence-electron chi connectivity index (χ3n) is 3.43. The fourth-order valence-electron chi connectivity index (χ4n) is 2.18. The van der Waals surface area contributed by atoms with Gasteiger partial charge in [-0.2, -0.15) is 0 Å². The van der Waals surface area contributed by atoms with E-state index in [1.165, 1.54) is 38.5 Å². The molecule has 0 aromatic heterocycles. The molecule has 8 nitrogen and oxygen atoms in total. The largest absolute Gasteiger partial charge is 0.496 e. The fraction of sp³-hybridized carbons (Fsp3) is 0.111. The molecule has 27 heavy (non-hydrogen) atoms. The lowest BCUT2D eigenvalue weighted by molar-refractivity contribution is -0.384. The summed E-state index contributed by atoms with van der Waals surface area (Å²) in [6.45, 7) is 0. The molecule has 0 unspecified atom stereocenters. The third-order valence-corrected chi connectivity index (χ3v) is 3.64. The average Bonchev–Trinajstić information content (AvgIpc) is 2.66. The quantitative estimate of drug-likeness (QED) is 0.340. The zero-order valence-corrected chi connectivity index (χ0v) is 15.4. The van der Waals surface area contributed by atoms with Crippen molar-refractivity contribution in [3.05, 3.63) is 64.2 Å². The molecule has 0 radical (unpaired) electrons. The van der Waals surface area contributed by atoms with E-state index in [9.17, 15) is 14.9 Å². The van der Waals surface area contributed by atoms with Crippen LogP contribution < -0.4 is 20.1 Å². The van der Waals surface area contributed by atoms with Crippen molar-refractivity contribution in [2.75, 3.05) is 19.5 Å². The molecule has 140 valence electrons. The molecule has 0 atom stereocenters. The number of amides is 1.